The normalized spacial score (nSPS) is 19.8. The molecule has 1 aliphatic heterocycles. The Morgan fingerprint density at radius 1 is 1.53 bits per heavy atom. The molecule has 1 unspecified atom stereocenters. The minimum Gasteiger partial charge on any atom is -0.496 e. The van der Waals surface area contributed by atoms with Gasteiger partial charge in [0.05, 0.1) is 7.11 Å². The maximum Gasteiger partial charge on any atom is 0.227 e. The second kappa shape index (κ2) is 5.08. The highest BCUT2D eigenvalue weighted by Crippen LogP contribution is 2.30. The largest absolute Gasteiger partial charge is 0.496 e. The number of carbonyl (C=O) groups is 1. The van der Waals surface area contributed by atoms with Gasteiger partial charge in [-0.2, -0.15) is 0 Å². The third kappa shape index (κ3) is 2.46. The summed E-state index contributed by atoms with van der Waals surface area (Å²) in [6.07, 6.45) is 0.626. The molecule has 1 atom stereocenters. The van der Waals surface area contributed by atoms with Crippen molar-refractivity contribution in [3.8, 4) is 5.75 Å². The summed E-state index contributed by atoms with van der Waals surface area (Å²) in [5.41, 5.74) is 2.01. The van der Waals surface area contributed by atoms with Gasteiger partial charge in [-0.05, 0) is 24.5 Å². The molecular weight excluding hydrogens is 282 g/mol. The van der Waals surface area contributed by atoms with Crippen molar-refractivity contribution in [3.05, 3.63) is 23.8 Å². The third-order valence-corrected chi connectivity index (χ3v) is 4.04. The van der Waals surface area contributed by atoms with Crippen LogP contribution in [0.3, 0.4) is 0 Å². The molecular formula is C13H16BrNO2. The molecule has 1 heterocycles. The first-order valence-electron chi connectivity index (χ1n) is 5.66. The summed E-state index contributed by atoms with van der Waals surface area (Å²) in [5.74, 6) is 1.44. The number of amides is 1. The van der Waals surface area contributed by atoms with Crippen molar-refractivity contribution in [2.45, 2.75) is 13.3 Å². The number of carbonyl (C=O) groups excluding carboxylic acids is 1. The van der Waals surface area contributed by atoms with E-state index in [2.05, 4.69) is 15.9 Å². The van der Waals surface area contributed by atoms with Crippen molar-refractivity contribution in [1.82, 2.24) is 0 Å². The lowest BCUT2D eigenvalue weighted by Gasteiger charge is -2.18. The number of rotatable bonds is 3. The Morgan fingerprint density at radius 2 is 2.29 bits per heavy atom. The molecule has 0 spiro atoms. The smallest absolute Gasteiger partial charge is 0.227 e. The number of hydrogen-bond acceptors (Lipinski definition) is 2. The lowest BCUT2D eigenvalue weighted by Crippen LogP contribution is -2.24. The van der Waals surface area contributed by atoms with Gasteiger partial charge in [0, 0.05) is 30.0 Å². The Hall–Kier alpha value is -1.03. The SMILES string of the molecule is COc1cc(N2CC(CBr)CC2=O)ccc1C. The molecule has 92 valence electrons. The van der Waals surface area contributed by atoms with Crippen LogP contribution in [0.15, 0.2) is 18.2 Å². The summed E-state index contributed by atoms with van der Waals surface area (Å²) < 4.78 is 5.29. The first kappa shape index (κ1) is 12.4. The zero-order chi connectivity index (χ0) is 12.4. The Bertz CT molecular complexity index is 433. The van der Waals surface area contributed by atoms with Crippen LogP contribution in [0.4, 0.5) is 5.69 Å². The molecule has 3 nitrogen and oxygen atoms in total. The molecule has 0 radical (unpaired) electrons. The van der Waals surface area contributed by atoms with Crippen LogP contribution in [0.5, 0.6) is 5.75 Å². The van der Waals surface area contributed by atoms with Crippen molar-refractivity contribution >= 4 is 27.5 Å². The van der Waals surface area contributed by atoms with Gasteiger partial charge in [0.1, 0.15) is 5.75 Å². The van der Waals surface area contributed by atoms with Crippen molar-refractivity contribution in [2.24, 2.45) is 5.92 Å². The summed E-state index contributed by atoms with van der Waals surface area (Å²) in [5, 5.41) is 0.873. The molecule has 17 heavy (non-hydrogen) atoms. The van der Waals surface area contributed by atoms with Gasteiger partial charge in [-0.1, -0.05) is 22.0 Å². The maximum absolute atomic E-state index is 11.9. The maximum atomic E-state index is 11.9. The van der Waals surface area contributed by atoms with Crippen LogP contribution >= 0.6 is 15.9 Å². The predicted octanol–water partition coefficient (Wildman–Crippen LogP) is 2.75. The lowest BCUT2D eigenvalue weighted by molar-refractivity contribution is -0.117. The van der Waals surface area contributed by atoms with Gasteiger partial charge in [-0.15, -0.1) is 0 Å². The monoisotopic (exact) mass is 297 g/mol. The van der Waals surface area contributed by atoms with Gasteiger partial charge in [0.15, 0.2) is 0 Å². The van der Waals surface area contributed by atoms with E-state index < -0.39 is 0 Å². The van der Waals surface area contributed by atoms with Crippen LogP contribution in [0.1, 0.15) is 12.0 Å². The molecule has 4 heteroatoms. The van der Waals surface area contributed by atoms with Crippen molar-refractivity contribution in [1.29, 1.82) is 0 Å². The van der Waals surface area contributed by atoms with Crippen LogP contribution in [-0.4, -0.2) is 24.9 Å². The number of methoxy groups -OCH3 is 1. The molecule has 0 aromatic heterocycles. The van der Waals surface area contributed by atoms with Crippen LogP contribution < -0.4 is 9.64 Å². The van der Waals surface area contributed by atoms with Crippen LogP contribution in [0, 0.1) is 12.8 Å². The number of hydrogen-bond donors (Lipinski definition) is 0. The highest BCUT2D eigenvalue weighted by molar-refractivity contribution is 9.09. The fourth-order valence-electron chi connectivity index (χ4n) is 2.11. The molecule has 0 N–H and O–H groups in total. The zero-order valence-electron chi connectivity index (χ0n) is 10.1. The van der Waals surface area contributed by atoms with Gasteiger partial charge in [0.2, 0.25) is 5.91 Å². The summed E-state index contributed by atoms with van der Waals surface area (Å²) in [6, 6.07) is 5.90. The molecule has 1 aliphatic rings. The van der Waals surface area contributed by atoms with Gasteiger partial charge in [0.25, 0.3) is 0 Å². The standard InChI is InChI=1S/C13H16BrNO2/c1-9-3-4-11(6-12(9)17-2)15-8-10(7-14)5-13(15)16/h3-4,6,10H,5,7-8H2,1-2H3. The molecule has 1 aromatic rings. The molecule has 1 amide bonds. The zero-order valence-corrected chi connectivity index (χ0v) is 11.7. The van der Waals surface area contributed by atoms with E-state index in [1.54, 1.807) is 7.11 Å². The second-order valence-corrected chi connectivity index (χ2v) is 5.03. The molecule has 0 saturated carbocycles. The Morgan fingerprint density at radius 3 is 2.88 bits per heavy atom. The van der Waals surface area contributed by atoms with E-state index in [-0.39, 0.29) is 5.91 Å². The number of halogens is 1. The first-order valence-corrected chi connectivity index (χ1v) is 6.79. The van der Waals surface area contributed by atoms with Crippen molar-refractivity contribution in [3.63, 3.8) is 0 Å². The number of anilines is 1. The molecule has 1 fully saturated rings. The summed E-state index contributed by atoms with van der Waals surface area (Å²) >= 11 is 3.44. The molecule has 1 saturated heterocycles. The highest BCUT2D eigenvalue weighted by atomic mass is 79.9. The minimum atomic E-state index is 0.195. The fraction of sp³-hybridized carbons (Fsp3) is 0.462. The first-order chi connectivity index (χ1) is 8.15. The van der Waals surface area contributed by atoms with Gasteiger partial charge < -0.3 is 9.64 Å². The lowest BCUT2D eigenvalue weighted by atomic mass is 10.1. The third-order valence-electron chi connectivity index (χ3n) is 3.13. The Kier molecular flexibility index (Phi) is 3.72. The number of alkyl halides is 1. The average molecular weight is 298 g/mol. The minimum absolute atomic E-state index is 0.195. The van der Waals surface area contributed by atoms with Crippen molar-refractivity contribution < 1.29 is 9.53 Å². The number of benzene rings is 1. The second-order valence-electron chi connectivity index (χ2n) is 4.38. The number of nitrogens with zero attached hydrogens (tertiary/aromatic N) is 1. The van der Waals surface area contributed by atoms with Gasteiger partial charge in [-0.25, -0.2) is 0 Å². The topological polar surface area (TPSA) is 29.5 Å². The van der Waals surface area contributed by atoms with E-state index in [0.29, 0.717) is 12.3 Å². The predicted molar refractivity (Wildman–Crippen MR) is 72.0 cm³/mol. The van der Waals surface area contributed by atoms with Crippen LogP contribution in [0.25, 0.3) is 0 Å². The van der Waals surface area contributed by atoms with Crippen LogP contribution in [0.2, 0.25) is 0 Å². The molecule has 0 bridgehead atoms. The Balaban J connectivity index is 2.26. The van der Waals surface area contributed by atoms with Gasteiger partial charge in [-0.3, -0.25) is 4.79 Å². The average Bonchev–Trinajstić information content (AvgIpc) is 2.71. The van der Waals surface area contributed by atoms with E-state index in [1.807, 2.05) is 30.0 Å². The van der Waals surface area contributed by atoms with E-state index in [4.69, 9.17) is 4.74 Å². The van der Waals surface area contributed by atoms with E-state index >= 15 is 0 Å². The van der Waals surface area contributed by atoms with Crippen LogP contribution in [-0.2, 0) is 4.79 Å². The van der Waals surface area contributed by atoms with Gasteiger partial charge >= 0.3 is 0 Å². The quantitative estimate of drug-likeness (QED) is 0.803. The summed E-state index contributed by atoms with van der Waals surface area (Å²) in [6.45, 7) is 2.78. The molecule has 0 aliphatic carbocycles. The summed E-state index contributed by atoms with van der Waals surface area (Å²) in [7, 11) is 1.65. The van der Waals surface area contributed by atoms with E-state index in [1.165, 1.54) is 0 Å². The fourth-order valence-corrected chi connectivity index (χ4v) is 2.54. The Labute approximate surface area is 110 Å². The van der Waals surface area contributed by atoms with Crippen molar-refractivity contribution in [2.75, 3.05) is 23.9 Å². The number of ether oxygens (including phenoxy) is 1. The van der Waals surface area contributed by atoms with E-state index in [9.17, 15) is 4.79 Å². The molecule has 1 aromatic carbocycles. The van der Waals surface area contributed by atoms with E-state index in [0.717, 1.165) is 28.9 Å². The molecule has 2 rings (SSSR count). The summed E-state index contributed by atoms with van der Waals surface area (Å²) in [4.78, 5) is 13.7. The highest BCUT2D eigenvalue weighted by Gasteiger charge is 2.29. The number of aryl methyl sites for hydroxylation is 1.